The summed E-state index contributed by atoms with van der Waals surface area (Å²) < 4.78 is 5.24. The SMILES string of the molecule is CCCCCCCC1(C)NC(=O)N(CC(=O)Nc2cc(C)ccc2OC)C1=O. The lowest BCUT2D eigenvalue weighted by molar-refractivity contribution is -0.133. The normalized spacial score (nSPS) is 18.9. The highest BCUT2D eigenvalue weighted by atomic mass is 16.5. The Hall–Kier alpha value is -2.57. The van der Waals surface area contributed by atoms with Crippen LogP contribution < -0.4 is 15.4 Å². The van der Waals surface area contributed by atoms with Gasteiger partial charge in [0.1, 0.15) is 17.8 Å². The molecule has 1 aliphatic heterocycles. The number of amides is 4. The van der Waals surface area contributed by atoms with Gasteiger partial charge >= 0.3 is 6.03 Å². The van der Waals surface area contributed by atoms with Gasteiger partial charge in [-0.15, -0.1) is 0 Å². The smallest absolute Gasteiger partial charge is 0.325 e. The van der Waals surface area contributed by atoms with Crippen molar-refractivity contribution >= 4 is 23.5 Å². The highest BCUT2D eigenvalue weighted by molar-refractivity contribution is 6.10. The van der Waals surface area contributed by atoms with E-state index >= 15 is 0 Å². The van der Waals surface area contributed by atoms with Gasteiger partial charge in [-0.3, -0.25) is 14.5 Å². The third-order valence-electron chi connectivity index (χ3n) is 5.06. The molecule has 1 saturated heterocycles. The van der Waals surface area contributed by atoms with Crippen LogP contribution in [0.1, 0.15) is 57.9 Å². The lowest BCUT2D eigenvalue weighted by atomic mass is 9.94. The third kappa shape index (κ3) is 5.24. The molecule has 1 aromatic rings. The van der Waals surface area contributed by atoms with Crippen LogP contribution in [0.3, 0.4) is 0 Å². The number of rotatable bonds is 10. The van der Waals surface area contributed by atoms with Crippen LogP contribution in [-0.2, 0) is 9.59 Å². The number of aryl methyl sites for hydroxylation is 1. The molecule has 0 aliphatic carbocycles. The van der Waals surface area contributed by atoms with Gasteiger partial charge in [0.15, 0.2) is 0 Å². The second kappa shape index (κ2) is 9.57. The van der Waals surface area contributed by atoms with Crippen molar-refractivity contribution in [3.63, 3.8) is 0 Å². The molecule has 0 spiro atoms. The van der Waals surface area contributed by atoms with Gasteiger partial charge in [-0.25, -0.2) is 4.79 Å². The van der Waals surface area contributed by atoms with Gasteiger partial charge in [-0.2, -0.15) is 0 Å². The van der Waals surface area contributed by atoms with E-state index in [2.05, 4.69) is 17.6 Å². The molecule has 7 nitrogen and oxygen atoms in total. The first-order valence-corrected chi connectivity index (χ1v) is 9.89. The Balaban J connectivity index is 1.96. The molecule has 0 radical (unpaired) electrons. The number of carbonyl (C=O) groups is 3. The van der Waals surface area contributed by atoms with Crippen LogP contribution in [0.15, 0.2) is 18.2 Å². The Morgan fingerprint density at radius 1 is 1.21 bits per heavy atom. The minimum absolute atomic E-state index is 0.326. The number of unbranched alkanes of at least 4 members (excludes halogenated alkanes) is 4. The third-order valence-corrected chi connectivity index (χ3v) is 5.06. The minimum atomic E-state index is -0.940. The molecule has 0 saturated carbocycles. The molecule has 1 aromatic carbocycles. The molecule has 154 valence electrons. The summed E-state index contributed by atoms with van der Waals surface area (Å²) in [6, 6.07) is 4.89. The zero-order chi connectivity index (χ0) is 20.7. The summed E-state index contributed by atoms with van der Waals surface area (Å²) in [7, 11) is 1.52. The van der Waals surface area contributed by atoms with E-state index in [0.29, 0.717) is 17.9 Å². The van der Waals surface area contributed by atoms with E-state index in [9.17, 15) is 14.4 Å². The highest BCUT2D eigenvalue weighted by Gasteiger charge is 2.47. The fraction of sp³-hybridized carbons (Fsp3) is 0.571. The Labute approximate surface area is 166 Å². The van der Waals surface area contributed by atoms with Crippen LogP contribution in [0, 0.1) is 6.92 Å². The highest BCUT2D eigenvalue weighted by Crippen LogP contribution is 2.26. The van der Waals surface area contributed by atoms with Gasteiger partial charge in [0, 0.05) is 0 Å². The van der Waals surface area contributed by atoms with Gasteiger partial charge in [0.25, 0.3) is 5.91 Å². The van der Waals surface area contributed by atoms with Crippen LogP contribution in [0.2, 0.25) is 0 Å². The zero-order valence-electron chi connectivity index (χ0n) is 17.3. The molecule has 1 atom stereocenters. The van der Waals surface area contributed by atoms with Crippen LogP contribution in [0.4, 0.5) is 10.5 Å². The summed E-state index contributed by atoms with van der Waals surface area (Å²) in [6.45, 7) is 5.46. The number of ether oxygens (including phenoxy) is 1. The molecular weight excluding hydrogens is 358 g/mol. The summed E-state index contributed by atoms with van der Waals surface area (Å²) in [6.07, 6.45) is 5.92. The number of hydrogen-bond acceptors (Lipinski definition) is 4. The van der Waals surface area contributed by atoms with Crippen molar-refractivity contribution in [1.29, 1.82) is 0 Å². The maximum absolute atomic E-state index is 12.8. The largest absolute Gasteiger partial charge is 0.495 e. The van der Waals surface area contributed by atoms with Crippen LogP contribution in [0.5, 0.6) is 5.75 Å². The van der Waals surface area contributed by atoms with Crippen molar-refractivity contribution in [2.24, 2.45) is 0 Å². The van der Waals surface area contributed by atoms with Gasteiger partial charge < -0.3 is 15.4 Å². The van der Waals surface area contributed by atoms with E-state index in [0.717, 1.165) is 36.1 Å². The van der Waals surface area contributed by atoms with E-state index < -0.39 is 17.5 Å². The molecule has 28 heavy (non-hydrogen) atoms. The molecule has 1 aliphatic rings. The van der Waals surface area contributed by atoms with E-state index in [1.165, 1.54) is 13.5 Å². The summed E-state index contributed by atoms with van der Waals surface area (Å²) in [5, 5.41) is 5.48. The maximum Gasteiger partial charge on any atom is 0.325 e. The number of nitrogens with zero attached hydrogens (tertiary/aromatic N) is 1. The molecule has 2 rings (SSSR count). The van der Waals surface area contributed by atoms with E-state index in [4.69, 9.17) is 4.74 Å². The monoisotopic (exact) mass is 389 g/mol. The number of imide groups is 1. The standard InChI is InChI=1S/C21H31N3O4/c1-5-6-7-8-9-12-21(3)19(26)24(20(27)23-21)14-18(25)22-16-13-15(2)10-11-17(16)28-4/h10-11,13H,5-9,12,14H2,1-4H3,(H,22,25)(H,23,27). The van der Waals surface area contributed by atoms with Gasteiger partial charge in [0.2, 0.25) is 5.91 Å². The average Bonchev–Trinajstić information content (AvgIpc) is 2.85. The quantitative estimate of drug-likeness (QED) is 0.473. The van der Waals surface area contributed by atoms with Crippen LogP contribution >= 0.6 is 0 Å². The predicted molar refractivity (Wildman–Crippen MR) is 108 cm³/mol. The van der Waals surface area contributed by atoms with Gasteiger partial charge in [-0.05, 0) is 38.0 Å². The first-order valence-electron chi connectivity index (χ1n) is 9.89. The first-order chi connectivity index (χ1) is 13.3. The summed E-state index contributed by atoms with van der Waals surface area (Å²) in [5.74, 6) is -0.271. The Morgan fingerprint density at radius 2 is 1.93 bits per heavy atom. The van der Waals surface area contributed by atoms with Crippen molar-refractivity contribution < 1.29 is 19.1 Å². The first kappa shape index (κ1) is 21.7. The second-order valence-corrected chi connectivity index (χ2v) is 7.57. The van der Waals surface area contributed by atoms with Crippen molar-refractivity contribution in [3.8, 4) is 5.75 Å². The van der Waals surface area contributed by atoms with Crippen molar-refractivity contribution in [3.05, 3.63) is 23.8 Å². The number of carbonyl (C=O) groups excluding carboxylic acids is 3. The van der Waals surface area contributed by atoms with Crippen LogP contribution in [-0.4, -0.2) is 41.9 Å². The summed E-state index contributed by atoms with van der Waals surface area (Å²) >= 11 is 0. The summed E-state index contributed by atoms with van der Waals surface area (Å²) in [4.78, 5) is 38.5. The Kier molecular flexibility index (Phi) is 7.43. The van der Waals surface area contributed by atoms with E-state index in [1.54, 1.807) is 19.1 Å². The molecule has 1 fully saturated rings. The molecule has 1 unspecified atom stereocenters. The van der Waals surface area contributed by atoms with Gasteiger partial charge in [-0.1, -0.05) is 45.1 Å². The lowest BCUT2D eigenvalue weighted by Gasteiger charge is -2.21. The average molecular weight is 389 g/mol. The second-order valence-electron chi connectivity index (χ2n) is 7.57. The topological polar surface area (TPSA) is 87.7 Å². The fourth-order valence-corrected chi connectivity index (χ4v) is 3.40. The number of urea groups is 1. The molecule has 4 amide bonds. The predicted octanol–water partition coefficient (Wildman–Crippen LogP) is 3.61. The van der Waals surface area contributed by atoms with Crippen molar-refractivity contribution in [2.75, 3.05) is 19.0 Å². The minimum Gasteiger partial charge on any atom is -0.495 e. The summed E-state index contributed by atoms with van der Waals surface area (Å²) in [5.41, 5.74) is 0.532. The van der Waals surface area contributed by atoms with E-state index in [1.807, 2.05) is 13.0 Å². The number of nitrogens with one attached hydrogen (secondary N) is 2. The zero-order valence-corrected chi connectivity index (χ0v) is 17.3. The molecule has 0 aromatic heterocycles. The van der Waals surface area contributed by atoms with Crippen molar-refractivity contribution in [2.45, 2.75) is 64.8 Å². The number of methoxy groups -OCH3 is 1. The lowest BCUT2D eigenvalue weighted by Crippen LogP contribution is -2.44. The molecule has 0 bridgehead atoms. The Bertz CT molecular complexity index is 734. The van der Waals surface area contributed by atoms with Gasteiger partial charge in [0.05, 0.1) is 12.8 Å². The van der Waals surface area contributed by atoms with Crippen molar-refractivity contribution in [1.82, 2.24) is 10.2 Å². The molecule has 1 heterocycles. The van der Waals surface area contributed by atoms with E-state index in [-0.39, 0.29) is 12.5 Å². The molecule has 2 N–H and O–H groups in total. The molecule has 7 heteroatoms. The number of hydrogen-bond donors (Lipinski definition) is 2. The van der Waals surface area contributed by atoms with Crippen LogP contribution in [0.25, 0.3) is 0 Å². The molecular formula is C21H31N3O4. The number of anilines is 1. The fourth-order valence-electron chi connectivity index (χ4n) is 3.40. The number of benzene rings is 1. The Morgan fingerprint density at radius 3 is 2.61 bits per heavy atom. The maximum atomic E-state index is 12.8.